The lowest BCUT2D eigenvalue weighted by Crippen LogP contribution is -1.94. The van der Waals surface area contributed by atoms with E-state index in [2.05, 4.69) is 15.1 Å². The predicted octanol–water partition coefficient (Wildman–Crippen LogP) is 1.71. The van der Waals surface area contributed by atoms with E-state index < -0.39 is 10.8 Å². The van der Waals surface area contributed by atoms with E-state index in [0.717, 1.165) is 5.52 Å². The van der Waals surface area contributed by atoms with E-state index in [0.29, 0.717) is 27.8 Å². The number of ether oxygens (including phenoxy) is 1. The van der Waals surface area contributed by atoms with Crippen molar-refractivity contribution in [3.8, 4) is 17.4 Å². The number of aromatic nitrogens is 4. The molecule has 7 heteroatoms. The monoisotopic (exact) mass is 290 g/mol. The average molecular weight is 290 g/mol. The fraction of sp³-hybridized carbons (Fsp3) is 0.231. The number of benzene rings is 1. The van der Waals surface area contributed by atoms with Crippen LogP contribution in [0.25, 0.3) is 22.6 Å². The van der Waals surface area contributed by atoms with E-state index in [9.17, 15) is 4.21 Å². The number of nitrogens with zero attached hydrogens (tertiary/aromatic N) is 3. The molecular weight excluding hydrogens is 276 g/mol. The Bertz CT molecular complexity index is 806. The Balaban J connectivity index is 2.17. The maximum Gasteiger partial charge on any atom is 0.211 e. The molecule has 1 unspecified atom stereocenters. The molecule has 0 saturated carbocycles. The van der Waals surface area contributed by atoms with Gasteiger partial charge in [0.15, 0.2) is 5.82 Å². The third-order valence-electron chi connectivity index (χ3n) is 3.07. The zero-order valence-corrected chi connectivity index (χ0v) is 12.2. The number of rotatable bonds is 3. The number of hydrogen-bond acceptors (Lipinski definition) is 4. The van der Waals surface area contributed by atoms with Gasteiger partial charge in [0, 0.05) is 19.4 Å². The zero-order chi connectivity index (χ0) is 14.3. The number of imidazole rings is 1. The fourth-order valence-corrected chi connectivity index (χ4v) is 2.81. The first-order valence-electron chi connectivity index (χ1n) is 6.00. The molecule has 0 bridgehead atoms. The van der Waals surface area contributed by atoms with Gasteiger partial charge in [0.25, 0.3) is 0 Å². The highest BCUT2D eigenvalue weighted by Crippen LogP contribution is 2.25. The first-order valence-corrected chi connectivity index (χ1v) is 7.56. The summed E-state index contributed by atoms with van der Waals surface area (Å²) in [7, 11) is 2.32. The third-order valence-corrected chi connectivity index (χ3v) is 4.02. The first kappa shape index (κ1) is 12.9. The van der Waals surface area contributed by atoms with Gasteiger partial charge < -0.3 is 9.72 Å². The number of methoxy groups -OCH3 is 1. The van der Waals surface area contributed by atoms with Crippen molar-refractivity contribution in [1.29, 1.82) is 0 Å². The second-order valence-corrected chi connectivity index (χ2v) is 5.74. The van der Waals surface area contributed by atoms with Gasteiger partial charge in [-0.1, -0.05) is 6.07 Å². The van der Waals surface area contributed by atoms with Crippen LogP contribution in [0.2, 0.25) is 0 Å². The van der Waals surface area contributed by atoms with Gasteiger partial charge >= 0.3 is 0 Å². The predicted molar refractivity (Wildman–Crippen MR) is 77.2 cm³/mol. The Kier molecular flexibility index (Phi) is 3.06. The molecule has 104 valence electrons. The van der Waals surface area contributed by atoms with Crippen molar-refractivity contribution in [2.24, 2.45) is 7.05 Å². The molecule has 20 heavy (non-hydrogen) atoms. The van der Waals surface area contributed by atoms with Crippen LogP contribution in [0.15, 0.2) is 29.2 Å². The van der Waals surface area contributed by atoms with E-state index in [-0.39, 0.29) is 0 Å². The summed E-state index contributed by atoms with van der Waals surface area (Å²) < 4.78 is 18.6. The van der Waals surface area contributed by atoms with Crippen LogP contribution < -0.4 is 4.74 Å². The number of nitrogens with one attached hydrogen (secondary N) is 1. The minimum absolute atomic E-state index is 0.636. The Labute approximate surface area is 118 Å². The van der Waals surface area contributed by atoms with Crippen LogP contribution in [-0.4, -0.2) is 37.3 Å². The van der Waals surface area contributed by atoms with E-state index in [1.807, 2.05) is 18.2 Å². The van der Waals surface area contributed by atoms with Crippen LogP contribution in [0.4, 0.5) is 0 Å². The second-order valence-electron chi connectivity index (χ2n) is 4.39. The van der Waals surface area contributed by atoms with Crippen molar-refractivity contribution in [1.82, 2.24) is 19.7 Å². The van der Waals surface area contributed by atoms with Crippen molar-refractivity contribution < 1.29 is 8.95 Å². The smallest absolute Gasteiger partial charge is 0.211 e. The molecule has 0 spiro atoms. The maximum absolute atomic E-state index is 11.7. The highest BCUT2D eigenvalue weighted by Gasteiger charge is 2.14. The van der Waals surface area contributed by atoms with Gasteiger partial charge in [-0.3, -0.25) is 4.21 Å². The summed E-state index contributed by atoms with van der Waals surface area (Å²) in [5, 5.41) is 4.34. The Hall–Kier alpha value is -2.15. The summed E-state index contributed by atoms with van der Waals surface area (Å²) in [6, 6.07) is 7.39. The molecule has 2 heterocycles. The SMILES string of the molecule is COc1cc(-c2nc3c(S(C)=O)cccc3[nH]2)nn1C. The van der Waals surface area contributed by atoms with Crippen molar-refractivity contribution in [2.45, 2.75) is 4.90 Å². The molecule has 0 aliphatic heterocycles. The van der Waals surface area contributed by atoms with Gasteiger partial charge in [0.05, 0.1) is 28.3 Å². The van der Waals surface area contributed by atoms with Gasteiger partial charge in [-0.25, -0.2) is 9.67 Å². The molecule has 3 aromatic rings. The topological polar surface area (TPSA) is 72.8 Å². The molecule has 0 amide bonds. The minimum Gasteiger partial charge on any atom is -0.481 e. The van der Waals surface area contributed by atoms with E-state index in [1.165, 1.54) is 0 Å². The van der Waals surface area contributed by atoms with Crippen LogP contribution in [0.5, 0.6) is 5.88 Å². The summed E-state index contributed by atoms with van der Waals surface area (Å²) in [6.45, 7) is 0. The maximum atomic E-state index is 11.7. The van der Waals surface area contributed by atoms with Crippen LogP contribution in [0.1, 0.15) is 0 Å². The average Bonchev–Trinajstić information content (AvgIpc) is 3.00. The highest BCUT2D eigenvalue weighted by molar-refractivity contribution is 7.84. The molecule has 0 saturated heterocycles. The van der Waals surface area contributed by atoms with Crippen molar-refractivity contribution in [3.05, 3.63) is 24.3 Å². The molecule has 0 fully saturated rings. The summed E-state index contributed by atoms with van der Waals surface area (Å²) in [6.07, 6.45) is 1.65. The van der Waals surface area contributed by atoms with Crippen LogP contribution in [0, 0.1) is 0 Å². The van der Waals surface area contributed by atoms with Crippen LogP contribution in [-0.2, 0) is 17.8 Å². The number of aryl methyl sites for hydroxylation is 1. The molecule has 0 aliphatic rings. The molecule has 1 atom stereocenters. The normalized spacial score (nSPS) is 12.8. The fourth-order valence-electron chi connectivity index (χ4n) is 2.12. The molecule has 0 radical (unpaired) electrons. The van der Waals surface area contributed by atoms with Crippen molar-refractivity contribution in [3.63, 3.8) is 0 Å². The summed E-state index contributed by atoms with van der Waals surface area (Å²) in [5.74, 6) is 1.29. The quantitative estimate of drug-likeness (QED) is 0.797. The number of hydrogen-bond donors (Lipinski definition) is 1. The molecule has 0 aliphatic carbocycles. The highest BCUT2D eigenvalue weighted by atomic mass is 32.2. The van der Waals surface area contributed by atoms with Crippen LogP contribution in [0.3, 0.4) is 0 Å². The molecule has 1 aromatic carbocycles. The van der Waals surface area contributed by atoms with Crippen LogP contribution >= 0.6 is 0 Å². The standard InChI is InChI=1S/C13H14N4O2S/c1-17-11(19-2)7-9(16-17)13-14-8-5-4-6-10(20(3)18)12(8)15-13/h4-7H,1-3H3,(H,14,15). The molecular formula is C13H14N4O2S. The van der Waals surface area contributed by atoms with E-state index in [1.54, 1.807) is 31.2 Å². The van der Waals surface area contributed by atoms with Gasteiger partial charge in [-0.2, -0.15) is 5.10 Å². The van der Waals surface area contributed by atoms with Crippen molar-refractivity contribution in [2.75, 3.05) is 13.4 Å². The largest absolute Gasteiger partial charge is 0.481 e. The lowest BCUT2D eigenvalue weighted by atomic mass is 10.3. The number of para-hydroxylation sites is 1. The van der Waals surface area contributed by atoms with E-state index >= 15 is 0 Å². The second kappa shape index (κ2) is 4.75. The van der Waals surface area contributed by atoms with Gasteiger partial charge in [0.1, 0.15) is 11.2 Å². The lowest BCUT2D eigenvalue weighted by Gasteiger charge is -1.95. The zero-order valence-electron chi connectivity index (χ0n) is 11.4. The number of fused-ring (bicyclic) bond motifs is 1. The number of aromatic amines is 1. The Morgan fingerprint density at radius 2 is 2.20 bits per heavy atom. The Morgan fingerprint density at radius 3 is 2.85 bits per heavy atom. The summed E-state index contributed by atoms with van der Waals surface area (Å²) in [4.78, 5) is 8.42. The summed E-state index contributed by atoms with van der Waals surface area (Å²) in [5.41, 5.74) is 2.25. The molecule has 3 rings (SSSR count). The third kappa shape index (κ3) is 2.00. The lowest BCUT2D eigenvalue weighted by molar-refractivity contribution is 0.373. The Morgan fingerprint density at radius 1 is 1.40 bits per heavy atom. The number of H-pyrrole nitrogens is 1. The molecule has 1 N–H and O–H groups in total. The van der Waals surface area contributed by atoms with E-state index in [4.69, 9.17) is 4.74 Å². The molecule has 6 nitrogen and oxygen atoms in total. The van der Waals surface area contributed by atoms with Gasteiger partial charge in [-0.15, -0.1) is 0 Å². The minimum atomic E-state index is -1.08. The van der Waals surface area contributed by atoms with Gasteiger partial charge in [0.2, 0.25) is 5.88 Å². The van der Waals surface area contributed by atoms with Gasteiger partial charge in [-0.05, 0) is 12.1 Å². The molecule has 2 aromatic heterocycles. The summed E-state index contributed by atoms with van der Waals surface area (Å²) >= 11 is 0. The first-order chi connectivity index (χ1) is 9.60. The van der Waals surface area contributed by atoms with Crippen molar-refractivity contribution >= 4 is 21.8 Å².